The summed E-state index contributed by atoms with van der Waals surface area (Å²) in [7, 11) is 0. The van der Waals surface area contributed by atoms with Crippen molar-refractivity contribution >= 4 is 17.3 Å². The van der Waals surface area contributed by atoms with E-state index in [4.69, 9.17) is 17.3 Å². The molecular weight excluding hydrogens is 238 g/mol. The van der Waals surface area contributed by atoms with Gasteiger partial charge in [-0.05, 0) is 25.1 Å². The first kappa shape index (κ1) is 11.7. The molecule has 2 N–H and O–H groups in total. The van der Waals surface area contributed by atoms with Crippen molar-refractivity contribution in [1.82, 2.24) is 9.55 Å². The minimum Gasteiger partial charge on any atom is -0.398 e. The molecule has 1 aromatic carbocycles. The number of nitrogens with two attached hydrogens (primary N) is 1. The molecule has 0 aliphatic heterocycles. The van der Waals surface area contributed by atoms with Crippen LogP contribution >= 0.6 is 11.6 Å². The quantitative estimate of drug-likeness (QED) is 0.826. The Kier molecular flexibility index (Phi) is 3.15. The molecule has 0 radical (unpaired) electrons. The number of rotatable bonds is 2. The first-order valence-electron chi connectivity index (χ1n) is 5.15. The van der Waals surface area contributed by atoms with Crippen molar-refractivity contribution in [3.05, 3.63) is 57.2 Å². The Morgan fingerprint density at radius 2 is 2.18 bits per heavy atom. The molecule has 2 aromatic rings. The maximum Gasteiger partial charge on any atom is 0.348 e. The molecule has 0 aliphatic carbocycles. The molecule has 17 heavy (non-hydrogen) atoms. The number of nitrogens with zero attached hydrogens (tertiary/aromatic N) is 2. The molecule has 0 aliphatic rings. The molecular formula is C12H12ClN3O. The predicted molar refractivity (Wildman–Crippen MR) is 68.2 cm³/mol. The average Bonchev–Trinajstić information content (AvgIpc) is 2.26. The topological polar surface area (TPSA) is 60.9 Å². The fourth-order valence-corrected chi connectivity index (χ4v) is 1.79. The van der Waals surface area contributed by atoms with E-state index in [0.717, 1.165) is 5.56 Å². The highest BCUT2D eigenvalue weighted by atomic mass is 35.5. The third-order valence-corrected chi connectivity index (χ3v) is 2.85. The summed E-state index contributed by atoms with van der Waals surface area (Å²) >= 11 is 6.05. The largest absolute Gasteiger partial charge is 0.398 e. The Morgan fingerprint density at radius 1 is 1.41 bits per heavy atom. The van der Waals surface area contributed by atoms with E-state index in [9.17, 15) is 4.79 Å². The molecule has 0 unspecified atom stereocenters. The Hall–Kier alpha value is -1.81. The Morgan fingerprint density at radius 3 is 2.82 bits per heavy atom. The Labute approximate surface area is 104 Å². The molecule has 1 heterocycles. The fourth-order valence-electron chi connectivity index (χ4n) is 1.55. The SMILES string of the molecule is Cc1ccn(Cc2c(N)cccc2Cl)c(=O)n1. The van der Waals surface area contributed by atoms with E-state index < -0.39 is 0 Å². The highest BCUT2D eigenvalue weighted by molar-refractivity contribution is 6.31. The van der Waals surface area contributed by atoms with E-state index in [1.807, 2.05) is 0 Å². The summed E-state index contributed by atoms with van der Waals surface area (Å²) < 4.78 is 1.48. The predicted octanol–water partition coefficient (Wildman–Crippen LogP) is 1.84. The van der Waals surface area contributed by atoms with Gasteiger partial charge in [-0.25, -0.2) is 4.79 Å². The average molecular weight is 250 g/mol. The van der Waals surface area contributed by atoms with Crippen LogP contribution in [-0.2, 0) is 6.54 Å². The molecule has 0 bridgehead atoms. The fraction of sp³-hybridized carbons (Fsp3) is 0.167. The summed E-state index contributed by atoms with van der Waals surface area (Å²) in [5.41, 5.74) is 7.53. The molecule has 5 heteroatoms. The van der Waals surface area contributed by atoms with E-state index in [2.05, 4.69) is 4.98 Å². The summed E-state index contributed by atoms with van der Waals surface area (Å²) in [5, 5.41) is 0.553. The van der Waals surface area contributed by atoms with Crippen molar-refractivity contribution in [2.24, 2.45) is 0 Å². The lowest BCUT2D eigenvalue weighted by molar-refractivity contribution is 0.722. The van der Waals surface area contributed by atoms with Crippen molar-refractivity contribution in [3.8, 4) is 0 Å². The van der Waals surface area contributed by atoms with Crippen molar-refractivity contribution in [1.29, 1.82) is 0 Å². The van der Waals surface area contributed by atoms with Crippen LogP contribution in [0.2, 0.25) is 5.02 Å². The first-order chi connectivity index (χ1) is 8.08. The first-order valence-corrected chi connectivity index (χ1v) is 5.52. The number of anilines is 1. The number of benzene rings is 1. The highest BCUT2D eigenvalue weighted by Crippen LogP contribution is 2.22. The molecule has 2 rings (SSSR count). The summed E-state index contributed by atoms with van der Waals surface area (Å²) in [4.78, 5) is 15.5. The van der Waals surface area contributed by atoms with Gasteiger partial charge < -0.3 is 5.73 Å². The molecule has 0 amide bonds. The minimum absolute atomic E-state index is 0.302. The molecule has 0 fully saturated rings. The molecule has 1 aromatic heterocycles. The number of aryl methyl sites for hydroxylation is 1. The van der Waals surface area contributed by atoms with Gasteiger partial charge in [-0.3, -0.25) is 4.57 Å². The summed E-state index contributed by atoms with van der Waals surface area (Å²) in [5.74, 6) is 0. The zero-order valence-electron chi connectivity index (χ0n) is 9.35. The van der Waals surface area contributed by atoms with Crippen LogP contribution in [0.5, 0.6) is 0 Å². The van der Waals surface area contributed by atoms with Gasteiger partial charge in [0.1, 0.15) is 0 Å². The third-order valence-electron chi connectivity index (χ3n) is 2.50. The lowest BCUT2D eigenvalue weighted by Crippen LogP contribution is -2.23. The second kappa shape index (κ2) is 4.59. The van der Waals surface area contributed by atoms with Gasteiger partial charge in [-0.2, -0.15) is 4.98 Å². The van der Waals surface area contributed by atoms with E-state index in [0.29, 0.717) is 22.9 Å². The molecule has 4 nitrogen and oxygen atoms in total. The summed E-state index contributed by atoms with van der Waals surface area (Å²) in [6, 6.07) is 7.06. The lowest BCUT2D eigenvalue weighted by atomic mass is 10.2. The maximum absolute atomic E-state index is 11.6. The zero-order valence-corrected chi connectivity index (χ0v) is 10.1. The lowest BCUT2D eigenvalue weighted by Gasteiger charge is -2.09. The minimum atomic E-state index is -0.302. The number of aromatic nitrogens is 2. The smallest absolute Gasteiger partial charge is 0.348 e. The van der Waals surface area contributed by atoms with E-state index in [1.165, 1.54) is 4.57 Å². The van der Waals surface area contributed by atoms with Gasteiger partial charge >= 0.3 is 5.69 Å². The van der Waals surface area contributed by atoms with Gasteiger partial charge in [0.25, 0.3) is 0 Å². The van der Waals surface area contributed by atoms with E-state index >= 15 is 0 Å². The third kappa shape index (κ3) is 2.47. The van der Waals surface area contributed by atoms with Crippen molar-refractivity contribution in [2.75, 3.05) is 5.73 Å². The standard InChI is InChI=1S/C12H12ClN3O/c1-8-5-6-16(12(17)15-8)7-9-10(13)3-2-4-11(9)14/h2-6H,7,14H2,1H3. The monoisotopic (exact) mass is 249 g/mol. The number of hydrogen-bond acceptors (Lipinski definition) is 3. The van der Waals surface area contributed by atoms with Gasteiger partial charge in [0.05, 0.1) is 6.54 Å². The zero-order chi connectivity index (χ0) is 12.4. The van der Waals surface area contributed by atoms with Crippen LogP contribution in [0.25, 0.3) is 0 Å². The molecule has 0 spiro atoms. The second-order valence-corrected chi connectivity index (χ2v) is 4.19. The molecule has 88 valence electrons. The van der Waals surface area contributed by atoms with Crippen LogP contribution in [-0.4, -0.2) is 9.55 Å². The van der Waals surface area contributed by atoms with Gasteiger partial charge in [-0.1, -0.05) is 17.7 Å². The van der Waals surface area contributed by atoms with Crippen LogP contribution in [0.1, 0.15) is 11.3 Å². The van der Waals surface area contributed by atoms with E-state index in [1.54, 1.807) is 37.4 Å². The van der Waals surface area contributed by atoms with Gasteiger partial charge in [0.15, 0.2) is 0 Å². The Balaban J connectivity index is 2.42. The van der Waals surface area contributed by atoms with Crippen LogP contribution < -0.4 is 11.4 Å². The van der Waals surface area contributed by atoms with Crippen LogP contribution in [0.15, 0.2) is 35.3 Å². The second-order valence-electron chi connectivity index (χ2n) is 3.79. The van der Waals surface area contributed by atoms with Crippen LogP contribution in [0, 0.1) is 6.92 Å². The van der Waals surface area contributed by atoms with Crippen molar-refractivity contribution in [3.63, 3.8) is 0 Å². The van der Waals surface area contributed by atoms with Gasteiger partial charge in [0, 0.05) is 28.2 Å². The van der Waals surface area contributed by atoms with E-state index in [-0.39, 0.29) is 5.69 Å². The van der Waals surface area contributed by atoms with Crippen molar-refractivity contribution in [2.45, 2.75) is 13.5 Å². The summed E-state index contributed by atoms with van der Waals surface area (Å²) in [6.45, 7) is 2.10. The highest BCUT2D eigenvalue weighted by Gasteiger charge is 2.06. The number of hydrogen-bond donors (Lipinski definition) is 1. The normalized spacial score (nSPS) is 10.5. The number of halogens is 1. The van der Waals surface area contributed by atoms with Crippen LogP contribution in [0.3, 0.4) is 0 Å². The maximum atomic E-state index is 11.6. The van der Waals surface area contributed by atoms with Crippen LogP contribution in [0.4, 0.5) is 5.69 Å². The van der Waals surface area contributed by atoms with Crippen molar-refractivity contribution < 1.29 is 0 Å². The molecule has 0 atom stereocenters. The molecule has 0 saturated carbocycles. The van der Waals surface area contributed by atoms with Gasteiger partial charge in [0.2, 0.25) is 0 Å². The summed E-state index contributed by atoms with van der Waals surface area (Å²) in [6.07, 6.45) is 1.69. The Bertz CT molecular complexity index is 587. The van der Waals surface area contributed by atoms with Gasteiger partial charge in [-0.15, -0.1) is 0 Å². The molecule has 0 saturated heterocycles. The number of nitrogen functional groups attached to an aromatic ring is 1.